The van der Waals surface area contributed by atoms with E-state index in [1.165, 1.54) is 11.0 Å². The highest BCUT2D eigenvalue weighted by atomic mass is 16.5. The van der Waals surface area contributed by atoms with Crippen LogP contribution >= 0.6 is 0 Å². The maximum atomic E-state index is 13.2. The van der Waals surface area contributed by atoms with Crippen molar-refractivity contribution in [1.82, 2.24) is 9.80 Å². The molecule has 0 radical (unpaired) electrons. The fourth-order valence-electron chi connectivity index (χ4n) is 4.88. The third-order valence-corrected chi connectivity index (χ3v) is 6.66. The van der Waals surface area contributed by atoms with E-state index < -0.39 is 17.7 Å². The van der Waals surface area contributed by atoms with Gasteiger partial charge in [0, 0.05) is 18.5 Å². The van der Waals surface area contributed by atoms with Gasteiger partial charge in [0.15, 0.2) is 0 Å². The van der Waals surface area contributed by atoms with E-state index in [-0.39, 0.29) is 23.2 Å². The van der Waals surface area contributed by atoms with Crippen LogP contribution in [0.1, 0.15) is 49.9 Å². The van der Waals surface area contributed by atoms with Crippen molar-refractivity contribution in [2.45, 2.75) is 45.8 Å². The van der Waals surface area contributed by atoms with Gasteiger partial charge in [-0.05, 0) is 74.4 Å². The first-order valence-corrected chi connectivity index (χ1v) is 11.9. The van der Waals surface area contributed by atoms with Gasteiger partial charge in [0.05, 0.1) is 11.6 Å². The highest BCUT2D eigenvalue weighted by Gasteiger charge is 2.46. The van der Waals surface area contributed by atoms with Crippen LogP contribution in [0, 0.1) is 0 Å². The molecule has 2 aromatic rings. The molecule has 2 aliphatic rings. The van der Waals surface area contributed by atoms with Crippen LogP contribution in [0.25, 0.3) is 5.76 Å². The Balaban J connectivity index is 1.73. The number of aromatic hydroxyl groups is 1. The van der Waals surface area contributed by atoms with E-state index in [1.54, 1.807) is 30.3 Å². The number of ether oxygens (including phenoxy) is 1. The lowest BCUT2D eigenvalue weighted by Gasteiger charge is -2.27. The van der Waals surface area contributed by atoms with E-state index in [0.29, 0.717) is 30.5 Å². The van der Waals surface area contributed by atoms with Crippen LogP contribution < -0.4 is 4.74 Å². The van der Waals surface area contributed by atoms with Crippen LogP contribution in [-0.2, 0) is 16.0 Å². The second kappa shape index (κ2) is 9.89. The minimum atomic E-state index is -0.771. The average molecular weight is 465 g/mol. The van der Waals surface area contributed by atoms with Gasteiger partial charge in [0.25, 0.3) is 11.7 Å². The molecule has 1 amide bonds. The lowest BCUT2D eigenvalue weighted by Crippen LogP contribution is -2.33. The second-order valence-corrected chi connectivity index (χ2v) is 8.92. The van der Waals surface area contributed by atoms with Gasteiger partial charge in [0.2, 0.25) is 0 Å². The van der Waals surface area contributed by atoms with Crippen molar-refractivity contribution in [1.29, 1.82) is 0 Å². The van der Waals surface area contributed by atoms with Crippen molar-refractivity contribution in [3.8, 4) is 11.5 Å². The van der Waals surface area contributed by atoms with E-state index in [2.05, 4.69) is 18.7 Å². The molecule has 0 saturated carbocycles. The van der Waals surface area contributed by atoms with E-state index in [0.717, 1.165) is 30.9 Å². The van der Waals surface area contributed by atoms with Crippen molar-refractivity contribution >= 4 is 17.4 Å². The van der Waals surface area contributed by atoms with Gasteiger partial charge in [-0.15, -0.1) is 0 Å². The minimum absolute atomic E-state index is 0.0369. The Kier molecular flexibility index (Phi) is 6.93. The molecule has 1 saturated heterocycles. The first kappa shape index (κ1) is 23.8. The Morgan fingerprint density at radius 3 is 2.62 bits per heavy atom. The molecule has 0 unspecified atom stereocenters. The first-order valence-electron chi connectivity index (χ1n) is 11.9. The highest BCUT2D eigenvalue weighted by Crippen LogP contribution is 2.41. The third-order valence-electron chi connectivity index (χ3n) is 6.66. The molecule has 4 rings (SSSR count). The fraction of sp³-hybridized carbons (Fsp3) is 0.407. The monoisotopic (exact) mass is 464 g/mol. The molecule has 2 aliphatic heterocycles. The molecular weight excluding hydrogens is 432 g/mol. The number of benzene rings is 2. The zero-order chi connectivity index (χ0) is 24.4. The highest BCUT2D eigenvalue weighted by molar-refractivity contribution is 6.46. The number of amides is 1. The summed E-state index contributed by atoms with van der Waals surface area (Å²) in [6.07, 6.45) is 1.46. The standard InChI is InChI=1S/C27H32N2O5/c1-4-28(5-2)12-7-13-29-24(18-8-6-9-21(30)16-18)23(26(32)27(29)33)25(31)19-10-11-22-20(15-19)14-17(3)34-22/h6,8-11,15-17,24,30-31H,4-5,7,12-14H2,1-3H3/b25-23+/t17-,24+/m0/s1. The summed E-state index contributed by atoms with van der Waals surface area (Å²) in [7, 11) is 0. The fourth-order valence-corrected chi connectivity index (χ4v) is 4.88. The summed E-state index contributed by atoms with van der Waals surface area (Å²) in [4.78, 5) is 30.1. The SMILES string of the molecule is CCN(CC)CCCN1C(=O)C(=O)/C(=C(/O)c2ccc3c(c2)C[C@H](C)O3)[C@H]1c1cccc(O)c1. The molecular formula is C27H32N2O5. The van der Waals surface area contributed by atoms with Gasteiger partial charge in [-0.3, -0.25) is 9.59 Å². The van der Waals surface area contributed by atoms with Gasteiger partial charge in [0.1, 0.15) is 23.4 Å². The van der Waals surface area contributed by atoms with Crippen molar-refractivity contribution in [3.05, 3.63) is 64.7 Å². The van der Waals surface area contributed by atoms with Crippen molar-refractivity contribution in [2.24, 2.45) is 0 Å². The number of hydrogen-bond acceptors (Lipinski definition) is 6. The molecule has 2 heterocycles. The Morgan fingerprint density at radius 2 is 1.91 bits per heavy atom. The number of phenols is 1. The van der Waals surface area contributed by atoms with Gasteiger partial charge in [-0.2, -0.15) is 0 Å². The normalized spacial score (nSPS) is 21.2. The van der Waals surface area contributed by atoms with Gasteiger partial charge in [-0.25, -0.2) is 0 Å². The molecule has 7 heteroatoms. The zero-order valence-corrected chi connectivity index (χ0v) is 20.0. The maximum Gasteiger partial charge on any atom is 0.295 e. The number of hydrogen-bond donors (Lipinski definition) is 2. The Morgan fingerprint density at radius 1 is 1.15 bits per heavy atom. The molecule has 0 aromatic heterocycles. The summed E-state index contributed by atoms with van der Waals surface area (Å²) >= 11 is 0. The number of ketones is 1. The third kappa shape index (κ3) is 4.53. The summed E-state index contributed by atoms with van der Waals surface area (Å²) in [6.45, 7) is 9.14. The lowest BCUT2D eigenvalue weighted by molar-refractivity contribution is -0.140. The van der Waals surface area contributed by atoms with Crippen LogP contribution in [0.3, 0.4) is 0 Å². The number of carbonyl (C=O) groups excluding carboxylic acids is 2. The van der Waals surface area contributed by atoms with Crippen LogP contribution in [0.15, 0.2) is 48.0 Å². The lowest BCUT2D eigenvalue weighted by atomic mass is 9.94. The molecule has 2 aromatic carbocycles. The van der Waals surface area contributed by atoms with Crippen molar-refractivity contribution < 1.29 is 24.5 Å². The van der Waals surface area contributed by atoms with Gasteiger partial charge in [-0.1, -0.05) is 26.0 Å². The number of rotatable bonds is 8. The number of fused-ring (bicyclic) bond motifs is 1. The molecule has 2 N–H and O–H groups in total. The Labute approximate surface area is 200 Å². The van der Waals surface area contributed by atoms with E-state index in [1.807, 2.05) is 13.0 Å². The summed E-state index contributed by atoms with van der Waals surface area (Å²) in [6, 6.07) is 11.1. The van der Waals surface area contributed by atoms with Crippen molar-refractivity contribution in [2.75, 3.05) is 26.2 Å². The number of carbonyl (C=O) groups is 2. The topological polar surface area (TPSA) is 90.3 Å². The predicted molar refractivity (Wildman–Crippen MR) is 130 cm³/mol. The van der Waals surface area contributed by atoms with Gasteiger partial charge >= 0.3 is 0 Å². The number of Topliss-reactive ketones (excluding diaryl/α,β-unsaturated/α-hetero) is 1. The molecule has 2 atom stereocenters. The summed E-state index contributed by atoms with van der Waals surface area (Å²) in [5.41, 5.74) is 2.06. The number of likely N-dealkylation sites (tertiary alicyclic amines) is 1. The summed E-state index contributed by atoms with van der Waals surface area (Å²) in [5.74, 6) is -0.744. The summed E-state index contributed by atoms with van der Waals surface area (Å²) in [5, 5.41) is 21.4. The quantitative estimate of drug-likeness (QED) is 0.350. The minimum Gasteiger partial charge on any atom is -0.508 e. The average Bonchev–Trinajstić information content (AvgIpc) is 3.32. The number of aliphatic hydroxyl groups is 1. The van der Waals surface area contributed by atoms with Crippen LogP contribution in [0.5, 0.6) is 11.5 Å². The van der Waals surface area contributed by atoms with Gasteiger partial charge < -0.3 is 24.7 Å². The molecule has 0 aliphatic carbocycles. The predicted octanol–water partition coefficient (Wildman–Crippen LogP) is 3.87. The first-order chi connectivity index (χ1) is 16.3. The van der Waals surface area contributed by atoms with Crippen LogP contribution in [-0.4, -0.2) is 64.0 Å². The Hall–Kier alpha value is -3.32. The number of nitrogens with zero attached hydrogens (tertiary/aromatic N) is 2. The molecule has 1 fully saturated rings. The number of aliphatic hydroxyl groups excluding tert-OH is 1. The zero-order valence-electron chi connectivity index (χ0n) is 20.0. The molecule has 0 bridgehead atoms. The van der Waals surface area contributed by atoms with E-state index >= 15 is 0 Å². The van der Waals surface area contributed by atoms with Crippen molar-refractivity contribution in [3.63, 3.8) is 0 Å². The number of phenolic OH excluding ortho intramolecular Hbond substituents is 1. The summed E-state index contributed by atoms with van der Waals surface area (Å²) < 4.78 is 5.75. The molecule has 34 heavy (non-hydrogen) atoms. The molecule has 7 nitrogen and oxygen atoms in total. The molecule has 0 spiro atoms. The Bertz CT molecular complexity index is 1120. The van der Waals surface area contributed by atoms with E-state index in [9.17, 15) is 19.8 Å². The molecule has 180 valence electrons. The van der Waals surface area contributed by atoms with Crippen LogP contribution in [0.2, 0.25) is 0 Å². The second-order valence-electron chi connectivity index (χ2n) is 8.92. The maximum absolute atomic E-state index is 13.2. The van der Waals surface area contributed by atoms with E-state index in [4.69, 9.17) is 4.74 Å². The van der Waals surface area contributed by atoms with Crippen LogP contribution in [0.4, 0.5) is 0 Å². The smallest absolute Gasteiger partial charge is 0.295 e. The largest absolute Gasteiger partial charge is 0.508 e.